The van der Waals surface area contributed by atoms with E-state index < -0.39 is 0 Å². The Morgan fingerprint density at radius 1 is 1.17 bits per heavy atom. The quantitative estimate of drug-likeness (QED) is 0.790. The molecule has 0 fully saturated rings. The molecule has 2 rings (SSSR count). The first kappa shape index (κ1) is 12.4. The number of carbonyl (C=O) groups is 2. The molecule has 0 unspecified atom stereocenters. The minimum atomic E-state index is -0.313. The molecule has 0 aliphatic rings. The number of thiazole rings is 1. The lowest BCUT2D eigenvalue weighted by Gasteiger charge is -2.04. The van der Waals surface area contributed by atoms with E-state index in [1.165, 1.54) is 29.8 Å². The van der Waals surface area contributed by atoms with Crippen LogP contribution in [0.4, 0.5) is 0 Å². The second kappa shape index (κ2) is 5.10. The van der Waals surface area contributed by atoms with Crippen molar-refractivity contribution in [1.29, 1.82) is 0 Å². The van der Waals surface area contributed by atoms with Gasteiger partial charge in [0, 0.05) is 19.2 Å². The summed E-state index contributed by atoms with van der Waals surface area (Å²) in [6, 6.07) is 9.55. The Balaban J connectivity index is 2.68. The Labute approximate surface area is 108 Å². The summed E-state index contributed by atoms with van der Waals surface area (Å²) in [7, 11) is 0. The van der Waals surface area contributed by atoms with Gasteiger partial charge in [0.1, 0.15) is 0 Å². The number of rotatable bonds is 1. The van der Waals surface area contributed by atoms with Crippen molar-refractivity contribution in [2.24, 2.45) is 4.99 Å². The van der Waals surface area contributed by atoms with Crippen LogP contribution in [0.1, 0.15) is 18.6 Å². The zero-order chi connectivity index (χ0) is 13.1. The summed E-state index contributed by atoms with van der Waals surface area (Å²) in [5, 5.41) is 1.83. The van der Waals surface area contributed by atoms with Crippen molar-refractivity contribution < 1.29 is 9.59 Å². The maximum atomic E-state index is 11.7. The third-order valence-corrected chi connectivity index (χ3v) is 3.17. The smallest absolute Gasteiger partial charge is 0.245 e. The second-order valence-corrected chi connectivity index (χ2v) is 4.59. The minimum absolute atomic E-state index is 0.157. The van der Waals surface area contributed by atoms with Crippen LogP contribution in [0.2, 0.25) is 0 Å². The Hall–Kier alpha value is -2.01. The van der Waals surface area contributed by atoms with Gasteiger partial charge in [-0.25, -0.2) is 0 Å². The van der Waals surface area contributed by atoms with Crippen molar-refractivity contribution in [3.05, 3.63) is 40.5 Å². The van der Waals surface area contributed by atoms with Crippen molar-refractivity contribution in [1.82, 2.24) is 4.57 Å². The molecule has 0 saturated heterocycles. The fraction of sp³-hybridized carbons (Fsp3) is 0.154. The predicted molar refractivity (Wildman–Crippen MR) is 70.3 cm³/mol. The summed E-state index contributed by atoms with van der Waals surface area (Å²) in [6.45, 7) is 2.82. The average molecular weight is 260 g/mol. The van der Waals surface area contributed by atoms with Crippen LogP contribution >= 0.6 is 11.3 Å². The average Bonchev–Trinajstić information content (AvgIpc) is 2.73. The molecular weight excluding hydrogens is 248 g/mol. The number of nitrogens with zero attached hydrogens (tertiary/aromatic N) is 2. The first-order valence-corrected chi connectivity index (χ1v) is 6.30. The number of amides is 1. The van der Waals surface area contributed by atoms with Crippen LogP contribution in [-0.4, -0.2) is 16.4 Å². The normalized spacial score (nSPS) is 11.6. The minimum Gasteiger partial charge on any atom is -0.274 e. The van der Waals surface area contributed by atoms with Crippen LogP contribution in [-0.2, 0) is 4.79 Å². The van der Waals surface area contributed by atoms with Gasteiger partial charge in [-0.05, 0) is 5.56 Å². The van der Waals surface area contributed by atoms with E-state index in [2.05, 4.69) is 4.99 Å². The Morgan fingerprint density at radius 3 is 2.39 bits per heavy atom. The zero-order valence-corrected chi connectivity index (χ0v) is 10.9. The van der Waals surface area contributed by atoms with Crippen LogP contribution < -0.4 is 4.80 Å². The van der Waals surface area contributed by atoms with Gasteiger partial charge < -0.3 is 0 Å². The molecule has 0 radical (unpaired) electrons. The van der Waals surface area contributed by atoms with Gasteiger partial charge in [-0.2, -0.15) is 4.99 Å². The summed E-state index contributed by atoms with van der Waals surface area (Å²) < 4.78 is 1.46. The van der Waals surface area contributed by atoms with Crippen LogP contribution in [0.5, 0.6) is 0 Å². The van der Waals surface area contributed by atoms with E-state index in [1.54, 1.807) is 0 Å². The van der Waals surface area contributed by atoms with Crippen LogP contribution in [0, 0.1) is 0 Å². The van der Waals surface area contributed by atoms with Crippen LogP contribution in [0.15, 0.2) is 40.7 Å². The van der Waals surface area contributed by atoms with Gasteiger partial charge in [-0.15, -0.1) is 11.3 Å². The SMILES string of the molecule is CC(=O)N=c1scc(-c2ccccc2)n1C(C)=O. The van der Waals surface area contributed by atoms with E-state index in [1.807, 2.05) is 35.7 Å². The van der Waals surface area contributed by atoms with E-state index >= 15 is 0 Å². The number of hydrogen-bond donors (Lipinski definition) is 0. The first-order chi connectivity index (χ1) is 8.59. The summed E-state index contributed by atoms with van der Waals surface area (Å²) >= 11 is 1.28. The molecule has 1 aromatic heterocycles. The molecule has 0 N–H and O–H groups in total. The summed E-state index contributed by atoms with van der Waals surface area (Å²) in [5.74, 6) is -0.471. The predicted octanol–water partition coefficient (Wildman–Crippen LogP) is 2.32. The molecule has 0 saturated carbocycles. The number of hydrogen-bond acceptors (Lipinski definition) is 3. The summed E-state index contributed by atoms with van der Waals surface area (Å²) in [4.78, 5) is 27.0. The largest absolute Gasteiger partial charge is 0.274 e. The molecule has 1 heterocycles. The highest BCUT2D eigenvalue weighted by Gasteiger charge is 2.11. The van der Waals surface area contributed by atoms with Crippen LogP contribution in [0.3, 0.4) is 0 Å². The lowest BCUT2D eigenvalue weighted by Crippen LogP contribution is -2.22. The monoisotopic (exact) mass is 260 g/mol. The number of carbonyl (C=O) groups excluding carboxylic acids is 2. The Bertz CT molecular complexity index is 653. The van der Waals surface area contributed by atoms with E-state index in [-0.39, 0.29) is 11.8 Å². The van der Waals surface area contributed by atoms with Gasteiger partial charge in [0.05, 0.1) is 5.69 Å². The molecular formula is C13H12N2O2S. The molecule has 0 bridgehead atoms. The Morgan fingerprint density at radius 2 is 1.83 bits per heavy atom. The highest BCUT2D eigenvalue weighted by molar-refractivity contribution is 7.07. The Kier molecular flexibility index (Phi) is 3.53. The molecule has 1 amide bonds. The zero-order valence-electron chi connectivity index (χ0n) is 10.1. The molecule has 0 atom stereocenters. The molecule has 0 spiro atoms. The van der Waals surface area contributed by atoms with E-state index in [0.29, 0.717) is 4.80 Å². The van der Waals surface area contributed by atoms with Gasteiger partial charge in [0.15, 0.2) is 4.80 Å². The molecule has 18 heavy (non-hydrogen) atoms. The fourth-order valence-electron chi connectivity index (χ4n) is 1.64. The fourth-order valence-corrected chi connectivity index (χ4v) is 2.61. The van der Waals surface area contributed by atoms with Gasteiger partial charge >= 0.3 is 0 Å². The standard InChI is InChI=1S/C13H12N2O2S/c1-9(16)14-13-15(10(2)17)12(8-18-13)11-6-4-3-5-7-11/h3-8H,1-2H3. The summed E-state index contributed by atoms with van der Waals surface area (Å²) in [5.41, 5.74) is 1.68. The van der Waals surface area contributed by atoms with Crippen molar-refractivity contribution >= 4 is 23.2 Å². The lowest BCUT2D eigenvalue weighted by atomic mass is 10.2. The molecule has 0 aliphatic carbocycles. The van der Waals surface area contributed by atoms with E-state index in [4.69, 9.17) is 0 Å². The maximum absolute atomic E-state index is 11.7. The van der Waals surface area contributed by atoms with Gasteiger partial charge in [0.25, 0.3) is 0 Å². The highest BCUT2D eigenvalue weighted by atomic mass is 32.1. The van der Waals surface area contributed by atoms with E-state index in [0.717, 1.165) is 11.3 Å². The molecule has 0 aliphatic heterocycles. The second-order valence-electron chi connectivity index (χ2n) is 3.75. The van der Waals surface area contributed by atoms with Gasteiger partial charge in [0.2, 0.25) is 11.8 Å². The third-order valence-electron chi connectivity index (χ3n) is 2.35. The highest BCUT2D eigenvalue weighted by Crippen LogP contribution is 2.19. The third kappa shape index (κ3) is 2.46. The number of benzene rings is 1. The van der Waals surface area contributed by atoms with Crippen molar-refractivity contribution in [2.75, 3.05) is 0 Å². The van der Waals surface area contributed by atoms with Gasteiger partial charge in [-0.1, -0.05) is 30.3 Å². The first-order valence-electron chi connectivity index (χ1n) is 5.42. The molecule has 5 heteroatoms. The molecule has 2 aromatic rings. The van der Waals surface area contributed by atoms with E-state index in [9.17, 15) is 9.59 Å². The maximum Gasteiger partial charge on any atom is 0.245 e. The van der Waals surface area contributed by atoms with Gasteiger partial charge in [-0.3, -0.25) is 14.2 Å². The van der Waals surface area contributed by atoms with Crippen molar-refractivity contribution in [2.45, 2.75) is 13.8 Å². The topological polar surface area (TPSA) is 51.4 Å². The summed E-state index contributed by atoms with van der Waals surface area (Å²) in [6.07, 6.45) is 0. The van der Waals surface area contributed by atoms with Crippen molar-refractivity contribution in [3.63, 3.8) is 0 Å². The number of aromatic nitrogens is 1. The molecule has 4 nitrogen and oxygen atoms in total. The van der Waals surface area contributed by atoms with Crippen LogP contribution in [0.25, 0.3) is 11.3 Å². The van der Waals surface area contributed by atoms with Crippen molar-refractivity contribution in [3.8, 4) is 11.3 Å². The lowest BCUT2D eigenvalue weighted by molar-refractivity contribution is -0.116. The molecule has 1 aromatic carbocycles. The molecule has 92 valence electrons.